The maximum atomic E-state index is 10.4. The Bertz CT molecular complexity index is 368. The first-order valence-corrected chi connectivity index (χ1v) is 5.04. The van der Waals surface area contributed by atoms with Crippen LogP contribution in [0.15, 0.2) is 24.3 Å². The van der Waals surface area contributed by atoms with Crippen molar-refractivity contribution in [1.82, 2.24) is 0 Å². The molecule has 0 saturated heterocycles. The van der Waals surface area contributed by atoms with Crippen LogP contribution < -0.4 is 0 Å². The van der Waals surface area contributed by atoms with E-state index in [1.807, 2.05) is 13.0 Å². The predicted molar refractivity (Wildman–Crippen MR) is 44.6 cm³/mol. The quantitative estimate of drug-likeness (QED) is 0.647. The molecule has 0 aliphatic rings. The van der Waals surface area contributed by atoms with Gasteiger partial charge in [-0.3, -0.25) is 0 Å². The van der Waals surface area contributed by atoms with E-state index in [9.17, 15) is 13.0 Å². The van der Waals surface area contributed by atoms with Crippen LogP contribution in [0.2, 0.25) is 0 Å². The number of rotatable bonds is 2. The summed E-state index contributed by atoms with van der Waals surface area (Å²) in [7, 11) is -4.14. The smallest absolute Gasteiger partial charge is 0.0988 e. The Morgan fingerprint density at radius 1 is 1.42 bits per heavy atom. The Labute approximate surface area is 71.8 Å². The molecule has 1 aromatic carbocycles. The third-order valence-electron chi connectivity index (χ3n) is 1.43. The molecular formula is C8H9O3S-. The molecule has 0 bridgehead atoms. The third kappa shape index (κ3) is 3.02. The van der Waals surface area contributed by atoms with Crippen LogP contribution in [-0.4, -0.2) is 13.0 Å². The van der Waals surface area contributed by atoms with Gasteiger partial charge in [0, 0.05) is 0 Å². The highest BCUT2D eigenvalue weighted by molar-refractivity contribution is 7.84. The summed E-state index contributed by atoms with van der Waals surface area (Å²) < 4.78 is 31.1. The summed E-state index contributed by atoms with van der Waals surface area (Å²) in [6.45, 7) is 1.85. The first-order valence-electron chi connectivity index (χ1n) is 3.46. The third-order valence-corrected chi connectivity index (χ3v) is 2.11. The molecule has 0 spiro atoms. The van der Waals surface area contributed by atoms with Crippen molar-refractivity contribution in [2.24, 2.45) is 0 Å². The fraction of sp³-hybridized carbons (Fsp3) is 0.250. The van der Waals surface area contributed by atoms with E-state index in [1.54, 1.807) is 18.2 Å². The average molecular weight is 185 g/mol. The summed E-state index contributed by atoms with van der Waals surface area (Å²) in [5.41, 5.74) is 1.50. The monoisotopic (exact) mass is 185 g/mol. The topological polar surface area (TPSA) is 57.2 Å². The molecule has 0 aliphatic heterocycles. The lowest BCUT2D eigenvalue weighted by Crippen LogP contribution is -2.01. The Kier molecular flexibility index (Phi) is 2.49. The fourth-order valence-electron chi connectivity index (χ4n) is 1.01. The largest absolute Gasteiger partial charge is 0.748 e. The standard InChI is InChI=1S/C8H10O3S/c1-7-3-2-4-8(5-7)6-12(9,10)11/h2-5H,6H2,1H3,(H,9,10,11)/p-1. The number of benzene rings is 1. The van der Waals surface area contributed by atoms with Crippen molar-refractivity contribution < 1.29 is 13.0 Å². The van der Waals surface area contributed by atoms with Gasteiger partial charge in [-0.2, -0.15) is 0 Å². The van der Waals surface area contributed by atoms with Gasteiger partial charge in [-0.15, -0.1) is 0 Å². The van der Waals surface area contributed by atoms with E-state index in [2.05, 4.69) is 0 Å². The van der Waals surface area contributed by atoms with Gasteiger partial charge in [0.05, 0.1) is 15.9 Å². The van der Waals surface area contributed by atoms with Gasteiger partial charge in [0.25, 0.3) is 0 Å². The second-order valence-electron chi connectivity index (χ2n) is 2.69. The maximum absolute atomic E-state index is 10.4. The molecular weight excluding hydrogens is 176 g/mol. The molecule has 1 aromatic rings. The van der Waals surface area contributed by atoms with Crippen molar-refractivity contribution in [3.63, 3.8) is 0 Å². The molecule has 0 fully saturated rings. The minimum absolute atomic E-state index is 0.422. The SMILES string of the molecule is Cc1cccc(CS(=O)(=O)[O-])c1. The molecule has 0 radical (unpaired) electrons. The van der Waals surface area contributed by atoms with E-state index in [-0.39, 0.29) is 0 Å². The van der Waals surface area contributed by atoms with Crippen molar-refractivity contribution in [1.29, 1.82) is 0 Å². The van der Waals surface area contributed by atoms with Crippen LogP contribution in [0.4, 0.5) is 0 Å². The molecule has 0 aromatic heterocycles. The second-order valence-corrected chi connectivity index (χ2v) is 4.10. The van der Waals surface area contributed by atoms with Gasteiger partial charge in [-0.25, -0.2) is 8.42 Å². The molecule has 0 heterocycles. The van der Waals surface area contributed by atoms with Crippen LogP contribution in [0.25, 0.3) is 0 Å². The minimum Gasteiger partial charge on any atom is -0.748 e. The lowest BCUT2D eigenvalue weighted by atomic mass is 10.2. The maximum Gasteiger partial charge on any atom is 0.0988 e. The Morgan fingerprint density at radius 2 is 2.08 bits per heavy atom. The van der Waals surface area contributed by atoms with E-state index < -0.39 is 15.9 Å². The van der Waals surface area contributed by atoms with Gasteiger partial charge in [0.1, 0.15) is 0 Å². The summed E-state index contributed by atoms with van der Waals surface area (Å²) in [5.74, 6) is -0.422. The predicted octanol–water partition coefficient (Wildman–Crippen LogP) is 1.04. The van der Waals surface area contributed by atoms with Crippen LogP contribution in [0.5, 0.6) is 0 Å². The Hall–Kier alpha value is -0.870. The zero-order valence-corrected chi connectivity index (χ0v) is 7.47. The van der Waals surface area contributed by atoms with Crippen molar-refractivity contribution in [3.8, 4) is 0 Å². The van der Waals surface area contributed by atoms with Crippen molar-refractivity contribution in [2.45, 2.75) is 12.7 Å². The molecule has 0 atom stereocenters. The number of hydrogen-bond donors (Lipinski definition) is 0. The van der Waals surface area contributed by atoms with Crippen molar-refractivity contribution in [2.75, 3.05) is 0 Å². The van der Waals surface area contributed by atoms with E-state index in [4.69, 9.17) is 0 Å². The molecule has 1 rings (SSSR count). The van der Waals surface area contributed by atoms with E-state index in [1.165, 1.54) is 0 Å². The molecule has 0 saturated carbocycles. The van der Waals surface area contributed by atoms with Crippen molar-refractivity contribution >= 4 is 10.1 Å². The molecule has 4 heteroatoms. The molecule has 0 amide bonds. The Balaban J connectivity index is 2.91. The summed E-state index contributed by atoms with van der Waals surface area (Å²) >= 11 is 0. The van der Waals surface area contributed by atoms with Crippen molar-refractivity contribution in [3.05, 3.63) is 35.4 Å². The van der Waals surface area contributed by atoms with Gasteiger partial charge in [-0.05, 0) is 12.5 Å². The molecule has 0 N–H and O–H groups in total. The second kappa shape index (κ2) is 3.25. The molecule has 3 nitrogen and oxygen atoms in total. The van der Waals surface area contributed by atoms with Crippen LogP contribution in [0, 0.1) is 6.92 Å². The van der Waals surface area contributed by atoms with Gasteiger partial charge in [-0.1, -0.05) is 29.8 Å². The van der Waals surface area contributed by atoms with Crippen LogP contribution >= 0.6 is 0 Å². The summed E-state index contributed by atoms with van der Waals surface area (Å²) in [6, 6.07) is 6.90. The van der Waals surface area contributed by atoms with Crippen LogP contribution in [0.1, 0.15) is 11.1 Å². The highest BCUT2D eigenvalue weighted by atomic mass is 32.2. The molecule has 0 unspecified atom stereocenters. The first kappa shape index (κ1) is 9.22. The van der Waals surface area contributed by atoms with Gasteiger partial charge in [0.2, 0.25) is 0 Å². The highest BCUT2D eigenvalue weighted by Gasteiger charge is 1.97. The minimum atomic E-state index is -4.14. The summed E-state index contributed by atoms with van der Waals surface area (Å²) in [4.78, 5) is 0. The van der Waals surface area contributed by atoms with Crippen LogP contribution in [-0.2, 0) is 15.9 Å². The molecule has 0 aliphatic carbocycles. The summed E-state index contributed by atoms with van der Waals surface area (Å²) in [6.07, 6.45) is 0. The summed E-state index contributed by atoms with van der Waals surface area (Å²) in [5, 5.41) is 0. The number of hydrogen-bond acceptors (Lipinski definition) is 3. The first-order chi connectivity index (χ1) is 5.47. The average Bonchev–Trinajstić information content (AvgIpc) is 1.82. The van der Waals surface area contributed by atoms with Gasteiger partial charge < -0.3 is 4.55 Å². The molecule has 66 valence electrons. The van der Waals surface area contributed by atoms with Gasteiger partial charge in [0.15, 0.2) is 0 Å². The lowest BCUT2D eigenvalue weighted by Gasteiger charge is -2.06. The van der Waals surface area contributed by atoms with E-state index in [0.29, 0.717) is 5.56 Å². The fourth-order valence-corrected chi connectivity index (χ4v) is 1.59. The van der Waals surface area contributed by atoms with E-state index >= 15 is 0 Å². The van der Waals surface area contributed by atoms with Gasteiger partial charge >= 0.3 is 0 Å². The lowest BCUT2D eigenvalue weighted by molar-refractivity contribution is 0.462. The normalized spacial score (nSPS) is 11.5. The van der Waals surface area contributed by atoms with Crippen LogP contribution in [0.3, 0.4) is 0 Å². The number of aryl methyl sites for hydroxylation is 1. The zero-order chi connectivity index (χ0) is 9.19. The van der Waals surface area contributed by atoms with E-state index in [0.717, 1.165) is 5.56 Å². The zero-order valence-electron chi connectivity index (χ0n) is 6.65. The highest BCUT2D eigenvalue weighted by Crippen LogP contribution is 2.06. The Morgan fingerprint density at radius 3 is 2.58 bits per heavy atom. The molecule has 12 heavy (non-hydrogen) atoms.